The number of aliphatic hydroxyl groups is 1. The van der Waals surface area contributed by atoms with Crippen molar-refractivity contribution in [2.24, 2.45) is 11.8 Å². The van der Waals surface area contributed by atoms with Crippen LogP contribution < -0.4 is 0 Å². The molecule has 0 radical (unpaired) electrons. The third-order valence-corrected chi connectivity index (χ3v) is 5.05. The molecule has 2 heterocycles. The number of amides is 1. The van der Waals surface area contributed by atoms with Gasteiger partial charge in [0.2, 0.25) is 5.91 Å². The number of likely N-dealkylation sites (tertiary alicyclic amines) is 1. The van der Waals surface area contributed by atoms with E-state index in [1.54, 1.807) is 7.11 Å². The number of hydrogen-bond acceptors (Lipinski definition) is 4. The SMILES string of the molecule is COC1(CO)CCN(C(=O)[C@@H]2CCCO[C@@H]2C(C)C)CC1. The number of methoxy groups -OCH3 is 1. The lowest BCUT2D eigenvalue weighted by Gasteiger charge is -2.42. The molecule has 2 aliphatic heterocycles. The summed E-state index contributed by atoms with van der Waals surface area (Å²) in [5, 5.41) is 9.48. The average Bonchev–Trinajstić information content (AvgIpc) is 2.54. The lowest BCUT2D eigenvalue weighted by Crippen LogP contribution is -2.53. The fourth-order valence-corrected chi connectivity index (χ4v) is 3.52. The number of ether oxygens (including phenoxy) is 2. The second-order valence-corrected chi connectivity index (χ2v) is 6.70. The molecule has 1 amide bonds. The molecule has 21 heavy (non-hydrogen) atoms. The Morgan fingerprint density at radius 3 is 2.62 bits per heavy atom. The Balaban J connectivity index is 1.97. The van der Waals surface area contributed by atoms with Crippen LogP contribution in [0.5, 0.6) is 0 Å². The third kappa shape index (κ3) is 3.58. The van der Waals surface area contributed by atoms with E-state index in [1.807, 2.05) is 4.90 Å². The number of piperidine rings is 1. The van der Waals surface area contributed by atoms with Gasteiger partial charge < -0.3 is 19.5 Å². The van der Waals surface area contributed by atoms with Crippen molar-refractivity contribution in [3.8, 4) is 0 Å². The molecule has 5 nitrogen and oxygen atoms in total. The Morgan fingerprint density at radius 1 is 1.43 bits per heavy atom. The van der Waals surface area contributed by atoms with Gasteiger partial charge in [-0.15, -0.1) is 0 Å². The van der Waals surface area contributed by atoms with Crippen LogP contribution in [0.25, 0.3) is 0 Å². The van der Waals surface area contributed by atoms with Gasteiger partial charge in [0.1, 0.15) is 0 Å². The Bertz CT molecular complexity index is 344. The average molecular weight is 299 g/mol. The monoisotopic (exact) mass is 299 g/mol. The summed E-state index contributed by atoms with van der Waals surface area (Å²) in [5.41, 5.74) is -0.461. The van der Waals surface area contributed by atoms with Crippen molar-refractivity contribution in [2.75, 3.05) is 33.4 Å². The van der Waals surface area contributed by atoms with Gasteiger partial charge in [-0.2, -0.15) is 0 Å². The molecule has 0 saturated carbocycles. The summed E-state index contributed by atoms with van der Waals surface area (Å²) in [6, 6.07) is 0. The summed E-state index contributed by atoms with van der Waals surface area (Å²) in [6.07, 6.45) is 3.33. The van der Waals surface area contributed by atoms with E-state index >= 15 is 0 Å². The van der Waals surface area contributed by atoms with Gasteiger partial charge in [-0.3, -0.25) is 4.79 Å². The largest absolute Gasteiger partial charge is 0.393 e. The lowest BCUT2D eigenvalue weighted by molar-refractivity contribution is -0.154. The Kier molecular flexibility index (Phi) is 5.63. The van der Waals surface area contributed by atoms with Gasteiger partial charge in [-0.05, 0) is 31.6 Å². The maximum absolute atomic E-state index is 12.8. The van der Waals surface area contributed by atoms with E-state index < -0.39 is 5.60 Å². The zero-order valence-electron chi connectivity index (χ0n) is 13.5. The minimum Gasteiger partial charge on any atom is -0.393 e. The van der Waals surface area contributed by atoms with Crippen molar-refractivity contribution in [3.63, 3.8) is 0 Å². The summed E-state index contributed by atoms with van der Waals surface area (Å²) in [4.78, 5) is 14.7. The third-order valence-electron chi connectivity index (χ3n) is 5.05. The second kappa shape index (κ2) is 7.07. The number of hydrogen-bond donors (Lipinski definition) is 1. The molecule has 122 valence electrons. The highest BCUT2D eigenvalue weighted by Gasteiger charge is 2.40. The summed E-state index contributed by atoms with van der Waals surface area (Å²) in [6.45, 7) is 6.35. The maximum atomic E-state index is 12.8. The minimum absolute atomic E-state index is 0.0112. The smallest absolute Gasteiger partial charge is 0.228 e. The van der Waals surface area contributed by atoms with E-state index in [2.05, 4.69) is 13.8 Å². The highest BCUT2D eigenvalue weighted by molar-refractivity contribution is 5.79. The van der Waals surface area contributed by atoms with E-state index in [0.29, 0.717) is 31.8 Å². The van der Waals surface area contributed by atoms with Crippen molar-refractivity contribution in [1.29, 1.82) is 0 Å². The highest BCUT2D eigenvalue weighted by atomic mass is 16.5. The van der Waals surface area contributed by atoms with E-state index in [1.165, 1.54) is 0 Å². The van der Waals surface area contributed by atoms with Crippen LogP contribution in [0.15, 0.2) is 0 Å². The van der Waals surface area contributed by atoms with E-state index in [-0.39, 0.29) is 24.5 Å². The summed E-state index contributed by atoms with van der Waals surface area (Å²) < 4.78 is 11.3. The molecule has 2 atom stereocenters. The van der Waals surface area contributed by atoms with Crippen LogP contribution >= 0.6 is 0 Å². The van der Waals surface area contributed by atoms with Gasteiger partial charge in [0.15, 0.2) is 0 Å². The molecule has 1 N–H and O–H groups in total. The minimum atomic E-state index is -0.461. The van der Waals surface area contributed by atoms with Crippen molar-refractivity contribution >= 4 is 5.91 Å². The van der Waals surface area contributed by atoms with E-state index in [0.717, 1.165) is 19.4 Å². The quantitative estimate of drug-likeness (QED) is 0.853. The van der Waals surface area contributed by atoms with Crippen LogP contribution in [0.2, 0.25) is 0 Å². The van der Waals surface area contributed by atoms with E-state index in [9.17, 15) is 9.90 Å². The molecule has 0 unspecified atom stereocenters. The molecule has 0 aromatic rings. The molecule has 2 rings (SSSR count). The first-order valence-corrected chi connectivity index (χ1v) is 8.09. The van der Waals surface area contributed by atoms with Crippen LogP contribution in [0.4, 0.5) is 0 Å². The number of nitrogens with zero attached hydrogens (tertiary/aromatic N) is 1. The number of carbonyl (C=O) groups is 1. The first kappa shape index (κ1) is 16.7. The van der Waals surface area contributed by atoms with Crippen molar-refractivity contribution in [1.82, 2.24) is 4.90 Å². The molecule has 0 spiro atoms. The van der Waals surface area contributed by atoms with Gasteiger partial charge >= 0.3 is 0 Å². The number of carbonyl (C=O) groups excluding carboxylic acids is 1. The first-order valence-electron chi connectivity index (χ1n) is 8.09. The molecular formula is C16H29NO4. The molecule has 2 fully saturated rings. The molecule has 0 aromatic carbocycles. The zero-order chi connectivity index (χ0) is 15.5. The van der Waals surface area contributed by atoms with Gasteiger partial charge in [0, 0.05) is 26.8 Å². The second-order valence-electron chi connectivity index (χ2n) is 6.70. The summed E-state index contributed by atoms with van der Waals surface area (Å²) in [7, 11) is 1.64. The maximum Gasteiger partial charge on any atom is 0.228 e. The van der Waals surface area contributed by atoms with E-state index in [4.69, 9.17) is 9.47 Å². The molecule has 2 aliphatic rings. The van der Waals surface area contributed by atoms with Gasteiger partial charge in [-0.25, -0.2) is 0 Å². The number of rotatable bonds is 4. The predicted molar refractivity (Wildman–Crippen MR) is 79.9 cm³/mol. The van der Waals surface area contributed by atoms with Gasteiger partial charge in [-0.1, -0.05) is 13.8 Å². The van der Waals surface area contributed by atoms with Crippen LogP contribution in [0.3, 0.4) is 0 Å². The molecule has 0 aliphatic carbocycles. The molecule has 0 bridgehead atoms. The van der Waals surface area contributed by atoms with Gasteiger partial charge in [0.25, 0.3) is 0 Å². The summed E-state index contributed by atoms with van der Waals surface area (Å²) in [5.74, 6) is 0.568. The first-order chi connectivity index (χ1) is 10.0. The topological polar surface area (TPSA) is 59.0 Å². The van der Waals surface area contributed by atoms with Crippen LogP contribution in [0.1, 0.15) is 39.5 Å². The van der Waals surface area contributed by atoms with Crippen molar-refractivity contribution in [2.45, 2.75) is 51.2 Å². The van der Waals surface area contributed by atoms with Crippen molar-refractivity contribution < 1.29 is 19.4 Å². The lowest BCUT2D eigenvalue weighted by atomic mass is 9.85. The van der Waals surface area contributed by atoms with Crippen molar-refractivity contribution in [3.05, 3.63) is 0 Å². The molecule has 2 saturated heterocycles. The Hall–Kier alpha value is -0.650. The zero-order valence-corrected chi connectivity index (χ0v) is 13.5. The molecule has 5 heteroatoms. The normalized spacial score (nSPS) is 29.7. The molecular weight excluding hydrogens is 270 g/mol. The summed E-state index contributed by atoms with van der Waals surface area (Å²) >= 11 is 0. The Morgan fingerprint density at radius 2 is 2.10 bits per heavy atom. The van der Waals surface area contributed by atoms with Crippen LogP contribution in [0, 0.1) is 11.8 Å². The van der Waals surface area contributed by atoms with Crippen LogP contribution in [-0.4, -0.2) is 61.0 Å². The highest BCUT2D eigenvalue weighted by Crippen LogP contribution is 2.31. The van der Waals surface area contributed by atoms with Gasteiger partial charge in [0.05, 0.1) is 24.2 Å². The fraction of sp³-hybridized carbons (Fsp3) is 0.938. The predicted octanol–water partition coefficient (Wildman–Crippen LogP) is 1.44. The van der Waals surface area contributed by atoms with Crippen LogP contribution in [-0.2, 0) is 14.3 Å². The number of aliphatic hydroxyl groups excluding tert-OH is 1. The Labute approximate surface area is 127 Å². The standard InChI is InChI=1S/C16H29NO4/c1-12(2)14-13(5-4-10-21-14)15(19)17-8-6-16(11-18,20-3)7-9-17/h12-14,18H,4-11H2,1-3H3/t13-,14-/m1/s1. The molecule has 0 aromatic heterocycles. The fourth-order valence-electron chi connectivity index (χ4n) is 3.52.